The van der Waals surface area contributed by atoms with E-state index in [1.165, 1.54) is 11.0 Å². The van der Waals surface area contributed by atoms with E-state index >= 15 is 0 Å². The fourth-order valence-corrected chi connectivity index (χ4v) is 6.83. The second-order valence-electron chi connectivity index (χ2n) is 12.0. The molecule has 3 aliphatic heterocycles. The van der Waals surface area contributed by atoms with Gasteiger partial charge in [0.25, 0.3) is 5.91 Å². The van der Waals surface area contributed by atoms with Crippen LogP contribution in [-0.2, 0) is 23.9 Å². The van der Waals surface area contributed by atoms with Crippen molar-refractivity contribution in [3.63, 3.8) is 0 Å². The van der Waals surface area contributed by atoms with Gasteiger partial charge in [0.1, 0.15) is 18.5 Å². The smallest absolute Gasteiger partial charge is 0.417 e. The number of likely N-dealkylation sites (tertiary alicyclic amines) is 1. The molecule has 13 heteroatoms. The largest absolute Gasteiger partial charge is 0.462 e. The average Bonchev–Trinajstić information content (AvgIpc) is 3.46. The van der Waals surface area contributed by atoms with E-state index in [0.29, 0.717) is 48.7 Å². The lowest BCUT2D eigenvalue weighted by atomic mass is 9.98. The second-order valence-corrected chi connectivity index (χ2v) is 12.0. The fourth-order valence-electron chi connectivity index (χ4n) is 6.83. The third-order valence-corrected chi connectivity index (χ3v) is 9.21. The Kier molecular flexibility index (Phi) is 8.74. The number of nitrogens with zero attached hydrogens (tertiary/aromatic N) is 7. The maximum Gasteiger partial charge on any atom is 0.417 e. The van der Waals surface area contributed by atoms with Gasteiger partial charge in [-0.2, -0.15) is 23.1 Å². The van der Waals surface area contributed by atoms with Crippen LogP contribution < -0.4 is 14.5 Å². The lowest BCUT2D eigenvalue weighted by Gasteiger charge is -2.41. The average molecular weight is 638 g/mol. The minimum Gasteiger partial charge on any atom is -0.462 e. The maximum atomic E-state index is 14.1. The summed E-state index contributed by atoms with van der Waals surface area (Å²) in [4.78, 5) is 33.1. The van der Waals surface area contributed by atoms with Gasteiger partial charge in [-0.25, -0.2) is 11.0 Å². The molecule has 242 valence electrons. The van der Waals surface area contributed by atoms with Crippen molar-refractivity contribution in [3.8, 4) is 6.01 Å². The van der Waals surface area contributed by atoms with Crippen LogP contribution >= 0.6 is 0 Å². The van der Waals surface area contributed by atoms with E-state index in [1.54, 1.807) is 24.3 Å². The number of hydrogen-bond acceptors (Lipinski definition) is 7. The summed E-state index contributed by atoms with van der Waals surface area (Å²) in [5, 5.41) is 0.647. The highest BCUT2D eigenvalue weighted by molar-refractivity contribution is 5.97. The molecule has 0 radical (unpaired) electrons. The molecule has 0 spiro atoms. The van der Waals surface area contributed by atoms with Crippen molar-refractivity contribution in [2.75, 3.05) is 62.7 Å². The topological polar surface area (TPSA) is 69.4 Å². The Morgan fingerprint density at radius 2 is 1.87 bits per heavy atom. The van der Waals surface area contributed by atoms with Gasteiger partial charge in [-0.05, 0) is 50.4 Å². The predicted molar refractivity (Wildman–Crippen MR) is 166 cm³/mol. The Morgan fingerprint density at radius 3 is 2.57 bits per heavy atom. The Bertz CT molecular complexity index is 1690. The lowest BCUT2D eigenvalue weighted by molar-refractivity contribution is -0.136. The van der Waals surface area contributed by atoms with Gasteiger partial charge in [0, 0.05) is 48.9 Å². The first-order valence-corrected chi connectivity index (χ1v) is 15.4. The van der Waals surface area contributed by atoms with Crippen molar-refractivity contribution in [3.05, 3.63) is 77.0 Å². The summed E-state index contributed by atoms with van der Waals surface area (Å²) >= 11 is 0. The zero-order valence-electron chi connectivity index (χ0n) is 25.6. The zero-order valence-corrected chi connectivity index (χ0v) is 25.6. The van der Waals surface area contributed by atoms with Crippen LogP contribution in [0.4, 0.5) is 29.1 Å². The molecule has 2 fully saturated rings. The summed E-state index contributed by atoms with van der Waals surface area (Å²) in [6, 6.07) is 9.16. The van der Waals surface area contributed by atoms with E-state index < -0.39 is 29.5 Å². The van der Waals surface area contributed by atoms with Crippen LogP contribution in [0.2, 0.25) is 0 Å². The van der Waals surface area contributed by atoms with E-state index in [4.69, 9.17) is 21.3 Å². The molecular weight excluding hydrogens is 602 g/mol. The van der Waals surface area contributed by atoms with Crippen LogP contribution in [0.5, 0.6) is 6.01 Å². The highest BCUT2D eigenvalue weighted by Gasteiger charge is 2.37. The van der Waals surface area contributed by atoms with E-state index in [2.05, 4.69) is 16.3 Å². The molecule has 0 bridgehead atoms. The minimum absolute atomic E-state index is 0.0173. The van der Waals surface area contributed by atoms with Gasteiger partial charge in [0.2, 0.25) is 6.54 Å². The third kappa shape index (κ3) is 6.18. The molecular formula is C33H35F4N7O2. The molecule has 3 aliphatic rings. The van der Waals surface area contributed by atoms with Gasteiger partial charge in [0.15, 0.2) is 5.83 Å². The molecule has 2 aromatic carbocycles. The van der Waals surface area contributed by atoms with E-state index in [-0.39, 0.29) is 43.6 Å². The number of ether oxygens (including phenoxy) is 1. The number of anilines is 2. The number of rotatable bonds is 7. The molecule has 0 N–H and O–H groups in total. The molecule has 0 saturated carbocycles. The minimum atomic E-state index is -4.52. The molecule has 6 rings (SSSR count). The molecule has 9 nitrogen and oxygen atoms in total. The number of aromatic nitrogens is 2. The van der Waals surface area contributed by atoms with Gasteiger partial charge in [-0.1, -0.05) is 30.8 Å². The molecule has 2 atom stereocenters. The summed E-state index contributed by atoms with van der Waals surface area (Å²) in [6.07, 6.45) is -2.02. The Morgan fingerprint density at radius 1 is 1.09 bits per heavy atom. The standard InChI is InChI=1S/C33H35F4N7O2/c1-21(34)31(45)44-16-15-43(18-24(44)17-38-2)30-25-12-14-42(19-27(25)39-32(40-30)46-20-23-9-6-13-41(23)3)28-11-5-8-22-7-4-10-26(29(22)28)33(35,36)37/h4-5,7-8,10-11,23-24H,1,6,9,12-20H2,3H3/t23-,24-/m0/s1. The van der Waals surface area contributed by atoms with Gasteiger partial charge in [-0.15, -0.1) is 0 Å². The molecule has 3 aromatic rings. The highest BCUT2D eigenvalue weighted by Crippen LogP contribution is 2.41. The van der Waals surface area contributed by atoms with Crippen molar-refractivity contribution in [2.24, 2.45) is 0 Å². The van der Waals surface area contributed by atoms with Crippen LogP contribution in [0.25, 0.3) is 15.6 Å². The molecule has 4 heterocycles. The van der Waals surface area contributed by atoms with Gasteiger partial charge in [-0.3, -0.25) is 4.79 Å². The van der Waals surface area contributed by atoms with Crippen LogP contribution in [-0.4, -0.2) is 90.7 Å². The van der Waals surface area contributed by atoms with Gasteiger partial charge < -0.3 is 29.2 Å². The van der Waals surface area contributed by atoms with Crippen LogP contribution in [0.1, 0.15) is 29.7 Å². The fraction of sp³-hybridized carbons (Fsp3) is 0.455. The first-order valence-electron chi connectivity index (χ1n) is 15.4. The van der Waals surface area contributed by atoms with E-state index in [9.17, 15) is 22.4 Å². The van der Waals surface area contributed by atoms with E-state index in [1.807, 2.05) is 16.8 Å². The number of hydrogen-bond donors (Lipinski definition) is 0. The van der Waals surface area contributed by atoms with Gasteiger partial charge >= 0.3 is 12.2 Å². The van der Waals surface area contributed by atoms with Crippen LogP contribution in [0.15, 0.2) is 48.8 Å². The van der Waals surface area contributed by atoms with Gasteiger partial charge in [0.05, 0.1) is 17.8 Å². The van der Waals surface area contributed by atoms with Crippen molar-refractivity contribution < 1.29 is 27.1 Å². The van der Waals surface area contributed by atoms with Crippen molar-refractivity contribution >= 4 is 28.2 Å². The SMILES string of the molecule is [C-]#[N+]C[C@H]1CN(c2nc(OC[C@@H]3CCCN3C)nc3c2CCN(c2cccc4cccc(C(F)(F)F)c24)C3)CCN1C(=O)C(=C)F. The van der Waals surface area contributed by atoms with Crippen LogP contribution in [0, 0.1) is 6.57 Å². The number of carbonyl (C=O) groups excluding carboxylic acids is 1. The second kappa shape index (κ2) is 12.7. The van der Waals surface area contributed by atoms with Crippen molar-refractivity contribution in [2.45, 2.75) is 44.1 Å². The number of benzene rings is 2. The Labute approximate surface area is 264 Å². The zero-order chi connectivity index (χ0) is 32.6. The number of piperazine rings is 1. The third-order valence-electron chi connectivity index (χ3n) is 9.21. The lowest BCUT2D eigenvalue weighted by Crippen LogP contribution is -2.57. The first-order chi connectivity index (χ1) is 22.0. The molecule has 1 amide bonds. The maximum absolute atomic E-state index is 14.1. The first kappa shape index (κ1) is 31.5. The van der Waals surface area contributed by atoms with E-state index in [0.717, 1.165) is 31.0 Å². The molecule has 1 aromatic heterocycles. The monoisotopic (exact) mass is 637 g/mol. The number of alkyl halides is 3. The summed E-state index contributed by atoms with van der Waals surface area (Å²) in [7, 11) is 2.04. The Balaban J connectivity index is 1.36. The number of carbonyl (C=O) groups is 1. The number of halogens is 4. The summed E-state index contributed by atoms with van der Waals surface area (Å²) in [5.74, 6) is -1.29. The summed E-state index contributed by atoms with van der Waals surface area (Å²) < 4.78 is 62.4. The Hall–Kier alpha value is -4.44. The number of likely N-dealkylation sites (N-methyl/N-ethyl adjacent to an activating group) is 1. The predicted octanol–water partition coefficient (Wildman–Crippen LogP) is 5.10. The molecule has 46 heavy (non-hydrogen) atoms. The van der Waals surface area contributed by atoms with Crippen molar-refractivity contribution in [1.82, 2.24) is 19.8 Å². The van der Waals surface area contributed by atoms with Crippen LogP contribution in [0.3, 0.4) is 0 Å². The molecule has 0 unspecified atom stereocenters. The quantitative estimate of drug-likeness (QED) is 0.203. The van der Waals surface area contributed by atoms with Crippen molar-refractivity contribution in [1.29, 1.82) is 0 Å². The highest BCUT2D eigenvalue weighted by atomic mass is 19.4. The number of fused-ring (bicyclic) bond motifs is 2. The number of amides is 1. The summed E-state index contributed by atoms with van der Waals surface area (Å²) in [5.41, 5.74) is 1.27. The molecule has 0 aliphatic carbocycles. The normalized spacial score (nSPS) is 20.5. The molecule has 2 saturated heterocycles. The summed E-state index contributed by atoms with van der Waals surface area (Å²) in [6.45, 7) is 13.3.